The number of rotatable bonds is 7. The van der Waals surface area contributed by atoms with Crippen molar-refractivity contribution in [1.82, 2.24) is 14.5 Å². The van der Waals surface area contributed by atoms with E-state index < -0.39 is 0 Å². The maximum absolute atomic E-state index is 13.3. The first-order valence-electron chi connectivity index (χ1n) is 11.6. The minimum absolute atomic E-state index is 0.0308. The first-order valence-corrected chi connectivity index (χ1v) is 11.6. The van der Waals surface area contributed by atoms with Crippen molar-refractivity contribution >= 4 is 27.7 Å². The highest BCUT2D eigenvalue weighted by molar-refractivity contribution is 5.85. The number of aromatic nitrogens is 2. The third-order valence-corrected chi connectivity index (χ3v) is 6.34. The van der Waals surface area contributed by atoms with Gasteiger partial charge in [0.25, 0.3) is 0 Å². The number of carbonyl (C=O) groups excluding carboxylic acids is 1. The van der Waals surface area contributed by atoms with Crippen molar-refractivity contribution in [1.29, 1.82) is 0 Å². The summed E-state index contributed by atoms with van der Waals surface area (Å²) in [6.07, 6.45) is 0. The van der Waals surface area contributed by atoms with Crippen molar-refractivity contribution in [3.8, 4) is 5.75 Å². The number of hydrogen-bond donors (Lipinski definition) is 0. The van der Waals surface area contributed by atoms with E-state index in [1.807, 2.05) is 41.3 Å². The van der Waals surface area contributed by atoms with Crippen molar-refractivity contribution in [2.24, 2.45) is 0 Å². The summed E-state index contributed by atoms with van der Waals surface area (Å²) in [5.74, 6) is 1.90. The van der Waals surface area contributed by atoms with E-state index in [9.17, 15) is 4.79 Å². The van der Waals surface area contributed by atoms with Crippen molar-refractivity contribution < 1.29 is 9.53 Å². The second-order valence-corrected chi connectivity index (χ2v) is 9.23. The van der Waals surface area contributed by atoms with Gasteiger partial charge in [0.1, 0.15) is 18.1 Å². The van der Waals surface area contributed by atoms with E-state index in [0.29, 0.717) is 0 Å². The maximum Gasteiger partial charge on any atom is 0.243 e. The smallest absolute Gasteiger partial charge is 0.243 e. The maximum atomic E-state index is 13.3. The van der Waals surface area contributed by atoms with E-state index >= 15 is 0 Å². The molecule has 1 unspecified atom stereocenters. The van der Waals surface area contributed by atoms with Gasteiger partial charge in [0.05, 0.1) is 18.1 Å². The minimum Gasteiger partial charge on any atom is -0.497 e. The highest BCUT2D eigenvalue weighted by Gasteiger charge is 2.24. The third-order valence-electron chi connectivity index (χ3n) is 6.34. The van der Waals surface area contributed by atoms with Gasteiger partial charge >= 0.3 is 0 Å². The molecule has 172 valence electrons. The molecule has 0 aliphatic rings. The molecule has 0 aliphatic heterocycles. The molecule has 5 heteroatoms. The minimum atomic E-state index is 0.0308. The zero-order chi connectivity index (χ0) is 23.7. The molecule has 0 spiro atoms. The van der Waals surface area contributed by atoms with Gasteiger partial charge in [0, 0.05) is 18.0 Å². The average Bonchev–Trinajstić information content (AvgIpc) is 3.15. The number of methoxy groups -OCH3 is 1. The zero-order valence-corrected chi connectivity index (χ0v) is 20.4. The van der Waals surface area contributed by atoms with Crippen LogP contribution in [0, 0.1) is 0 Å². The Morgan fingerprint density at radius 3 is 2.30 bits per heavy atom. The van der Waals surface area contributed by atoms with Crippen LogP contribution in [0.4, 0.5) is 0 Å². The molecule has 0 saturated carbocycles. The summed E-state index contributed by atoms with van der Waals surface area (Å²) < 4.78 is 7.45. The van der Waals surface area contributed by atoms with Gasteiger partial charge in [0.2, 0.25) is 5.91 Å². The number of nitrogens with zero attached hydrogens (tertiary/aromatic N) is 3. The molecule has 0 aliphatic carbocycles. The number of amides is 1. The van der Waals surface area contributed by atoms with Crippen LogP contribution in [0.3, 0.4) is 0 Å². The summed E-state index contributed by atoms with van der Waals surface area (Å²) >= 11 is 0. The van der Waals surface area contributed by atoms with E-state index in [1.54, 1.807) is 7.11 Å². The second-order valence-electron chi connectivity index (χ2n) is 9.23. The fraction of sp³-hybridized carbons (Fsp3) is 0.357. The summed E-state index contributed by atoms with van der Waals surface area (Å²) in [4.78, 5) is 20.3. The summed E-state index contributed by atoms with van der Waals surface area (Å²) in [5, 5.41) is 2.29. The Kier molecular flexibility index (Phi) is 6.41. The Bertz CT molecular complexity index is 1280. The molecule has 0 N–H and O–H groups in total. The largest absolute Gasteiger partial charge is 0.497 e. The number of benzene rings is 3. The Morgan fingerprint density at radius 2 is 1.61 bits per heavy atom. The first-order chi connectivity index (χ1) is 15.8. The molecule has 3 aromatic carbocycles. The second kappa shape index (κ2) is 9.26. The summed E-state index contributed by atoms with van der Waals surface area (Å²) in [6.45, 7) is 10.7. The SMILES string of the molecule is COc1ccc2cc(C(C)c3nc4ccccc4n3CC(=O)N(C(C)C)C(C)C)ccc2c1. The van der Waals surface area contributed by atoms with Crippen LogP contribution in [0.15, 0.2) is 60.7 Å². The molecule has 1 aromatic heterocycles. The number of ether oxygens (including phenoxy) is 1. The predicted molar refractivity (Wildman–Crippen MR) is 135 cm³/mol. The number of imidazole rings is 1. The Balaban J connectivity index is 1.76. The molecule has 5 nitrogen and oxygen atoms in total. The van der Waals surface area contributed by atoms with Crippen molar-refractivity contribution in [2.75, 3.05) is 7.11 Å². The summed E-state index contributed by atoms with van der Waals surface area (Å²) in [7, 11) is 1.68. The lowest BCUT2D eigenvalue weighted by atomic mass is 9.97. The monoisotopic (exact) mass is 443 g/mol. The van der Waals surface area contributed by atoms with Crippen LogP contribution >= 0.6 is 0 Å². The lowest BCUT2D eigenvalue weighted by molar-refractivity contribution is -0.135. The predicted octanol–water partition coefficient (Wildman–Crippen LogP) is 6.00. The fourth-order valence-corrected chi connectivity index (χ4v) is 4.77. The molecule has 1 atom stereocenters. The van der Waals surface area contributed by atoms with Gasteiger partial charge in [-0.1, -0.05) is 43.3 Å². The van der Waals surface area contributed by atoms with E-state index in [-0.39, 0.29) is 30.5 Å². The van der Waals surface area contributed by atoms with Crippen LogP contribution in [0.1, 0.15) is 51.9 Å². The van der Waals surface area contributed by atoms with Crippen LogP contribution in [0.25, 0.3) is 21.8 Å². The summed E-state index contributed by atoms with van der Waals surface area (Å²) in [5.41, 5.74) is 3.07. The molecule has 4 aromatic rings. The van der Waals surface area contributed by atoms with Crippen LogP contribution in [-0.4, -0.2) is 39.6 Å². The lowest BCUT2D eigenvalue weighted by Gasteiger charge is -2.31. The molecule has 0 bridgehead atoms. The zero-order valence-electron chi connectivity index (χ0n) is 20.4. The van der Waals surface area contributed by atoms with Crippen molar-refractivity contribution in [3.05, 3.63) is 72.1 Å². The molecule has 0 fully saturated rings. The number of para-hydroxylation sites is 2. The van der Waals surface area contributed by atoms with Gasteiger partial charge in [-0.25, -0.2) is 4.98 Å². The molecule has 33 heavy (non-hydrogen) atoms. The molecular weight excluding hydrogens is 410 g/mol. The van der Waals surface area contributed by atoms with E-state index in [4.69, 9.17) is 9.72 Å². The van der Waals surface area contributed by atoms with Crippen LogP contribution < -0.4 is 4.74 Å². The Morgan fingerprint density at radius 1 is 0.939 bits per heavy atom. The Labute approximate surface area is 196 Å². The van der Waals surface area contributed by atoms with E-state index in [1.165, 1.54) is 5.56 Å². The van der Waals surface area contributed by atoms with Gasteiger partial charge in [-0.15, -0.1) is 0 Å². The lowest BCUT2D eigenvalue weighted by Crippen LogP contribution is -2.43. The van der Waals surface area contributed by atoms with Gasteiger partial charge < -0.3 is 14.2 Å². The van der Waals surface area contributed by atoms with Gasteiger partial charge in [-0.05, 0) is 68.3 Å². The molecular formula is C28H33N3O2. The molecule has 0 saturated heterocycles. The first kappa shape index (κ1) is 22.8. The van der Waals surface area contributed by atoms with Gasteiger partial charge in [-0.2, -0.15) is 0 Å². The molecule has 1 amide bonds. The number of fused-ring (bicyclic) bond motifs is 2. The van der Waals surface area contributed by atoms with Gasteiger partial charge in [-0.3, -0.25) is 4.79 Å². The van der Waals surface area contributed by atoms with Gasteiger partial charge in [0.15, 0.2) is 0 Å². The highest BCUT2D eigenvalue weighted by Crippen LogP contribution is 2.31. The quantitative estimate of drug-likeness (QED) is 0.352. The van der Waals surface area contributed by atoms with Crippen LogP contribution in [0.2, 0.25) is 0 Å². The standard InChI is InChI=1S/C28H33N3O2/c1-18(2)31(19(3)4)27(32)17-30-26-10-8-7-9-25(26)29-28(30)20(5)21-11-12-23-16-24(33-6)14-13-22(23)15-21/h7-16,18-20H,17H2,1-6H3. The Hall–Kier alpha value is -3.34. The van der Waals surface area contributed by atoms with Crippen molar-refractivity contribution in [3.63, 3.8) is 0 Å². The van der Waals surface area contributed by atoms with Crippen molar-refractivity contribution in [2.45, 2.75) is 59.2 Å². The number of hydrogen-bond acceptors (Lipinski definition) is 3. The average molecular weight is 444 g/mol. The molecule has 0 radical (unpaired) electrons. The molecule has 1 heterocycles. The van der Waals surface area contributed by atoms with Crippen LogP contribution in [-0.2, 0) is 11.3 Å². The topological polar surface area (TPSA) is 47.4 Å². The fourth-order valence-electron chi connectivity index (χ4n) is 4.77. The van der Waals surface area contributed by atoms with Crippen LogP contribution in [0.5, 0.6) is 5.75 Å². The number of carbonyl (C=O) groups is 1. The third kappa shape index (κ3) is 4.45. The van der Waals surface area contributed by atoms with E-state index in [0.717, 1.165) is 33.4 Å². The normalized spacial score (nSPS) is 12.6. The highest BCUT2D eigenvalue weighted by atomic mass is 16.5. The molecule has 4 rings (SSSR count). The van der Waals surface area contributed by atoms with E-state index in [2.05, 4.69) is 63.5 Å². The summed E-state index contributed by atoms with van der Waals surface area (Å²) in [6, 6.07) is 20.9.